The lowest BCUT2D eigenvalue weighted by atomic mass is 9.89. The van der Waals surface area contributed by atoms with Crippen LogP contribution in [0.3, 0.4) is 0 Å². The van der Waals surface area contributed by atoms with E-state index in [1.807, 2.05) is 18.2 Å². The van der Waals surface area contributed by atoms with Gasteiger partial charge in [-0.25, -0.2) is 0 Å². The van der Waals surface area contributed by atoms with Crippen molar-refractivity contribution in [3.8, 4) is 11.5 Å². The first kappa shape index (κ1) is 13.7. The standard InChI is InChI=1S/C14H14N2O4S/c1-7-11(13(17)18-2)12(16-14(21)15-7)8-3-4-9-10(5-8)20-6-19-9/h3-5,11-12H,1,6H2,2H3,(H2,15,16,21). The van der Waals surface area contributed by atoms with Crippen LogP contribution in [0.2, 0.25) is 0 Å². The van der Waals surface area contributed by atoms with E-state index < -0.39 is 5.92 Å². The molecule has 2 aliphatic heterocycles. The van der Waals surface area contributed by atoms with Gasteiger partial charge in [0.25, 0.3) is 0 Å². The summed E-state index contributed by atoms with van der Waals surface area (Å²) < 4.78 is 15.5. The highest BCUT2D eigenvalue weighted by molar-refractivity contribution is 7.80. The van der Waals surface area contributed by atoms with Gasteiger partial charge in [0.15, 0.2) is 16.6 Å². The van der Waals surface area contributed by atoms with Crippen molar-refractivity contribution in [1.29, 1.82) is 0 Å². The van der Waals surface area contributed by atoms with E-state index in [9.17, 15) is 4.79 Å². The van der Waals surface area contributed by atoms with Crippen molar-refractivity contribution in [3.05, 3.63) is 36.0 Å². The molecule has 0 radical (unpaired) electrons. The summed E-state index contributed by atoms with van der Waals surface area (Å²) in [5.74, 6) is 0.365. The summed E-state index contributed by atoms with van der Waals surface area (Å²) in [7, 11) is 1.35. The highest BCUT2D eigenvalue weighted by Gasteiger charge is 2.37. The van der Waals surface area contributed by atoms with Gasteiger partial charge in [-0.15, -0.1) is 0 Å². The number of fused-ring (bicyclic) bond motifs is 1. The lowest BCUT2D eigenvalue weighted by molar-refractivity contribution is -0.145. The Bertz CT molecular complexity index is 631. The van der Waals surface area contributed by atoms with Crippen LogP contribution in [-0.4, -0.2) is 25.0 Å². The Morgan fingerprint density at radius 3 is 2.95 bits per heavy atom. The van der Waals surface area contributed by atoms with Crippen LogP contribution in [0, 0.1) is 5.92 Å². The van der Waals surface area contributed by atoms with Crippen LogP contribution in [0.25, 0.3) is 0 Å². The van der Waals surface area contributed by atoms with Crippen LogP contribution in [-0.2, 0) is 9.53 Å². The first-order valence-corrected chi connectivity index (χ1v) is 6.74. The van der Waals surface area contributed by atoms with E-state index in [1.54, 1.807) is 0 Å². The van der Waals surface area contributed by atoms with E-state index in [-0.39, 0.29) is 18.8 Å². The Hall–Kier alpha value is -2.28. The second-order valence-electron chi connectivity index (χ2n) is 4.71. The summed E-state index contributed by atoms with van der Waals surface area (Å²) in [6, 6.07) is 5.13. The van der Waals surface area contributed by atoms with Crippen LogP contribution in [0.4, 0.5) is 0 Å². The zero-order valence-corrected chi connectivity index (χ0v) is 12.2. The molecule has 2 N–H and O–H groups in total. The van der Waals surface area contributed by atoms with Crippen LogP contribution >= 0.6 is 12.2 Å². The number of esters is 1. The lowest BCUT2D eigenvalue weighted by Crippen LogP contribution is -2.50. The third-order valence-electron chi connectivity index (χ3n) is 3.48. The number of nitrogens with one attached hydrogen (secondary N) is 2. The number of hydrogen-bond donors (Lipinski definition) is 2. The van der Waals surface area contributed by atoms with E-state index in [2.05, 4.69) is 17.2 Å². The summed E-state index contributed by atoms with van der Waals surface area (Å²) >= 11 is 5.14. The fourth-order valence-corrected chi connectivity index (χ4v) is 2.73. The van der Waals surface area contributed by atoms with Gasteiger partial charge in [0.2, 0.25) is 6.79 Å². The van der Waals surface area contributed by atoms with Crippen LogP contribution in [0.1, 0.15) is 11.6 Å². The van der Waals surface area contributed by atoms with Crippen molar-refractivity contribution in [2.45, 2.75) is 6.04 Å². The molecule has 2 heterocycles. The van der Waals surface area contributed by atoms with Gasteiger partial charge < -0.3 is 24.8 Å². The molecule has 6 nitrogen and oxygen atoms in total. The number of carbonyl (C=O) groups excluding carboxylic acids is 1. The predicted molar refractivity (Wildman–Crippen MR) is 78.8 cm³/mol. The number of hydrogen-bond acceptors (Lipinski definition) is 5. The molecule has 1 aromatic rings. The second-order valence-corrected chi connectivity index (χ2v) is 5.12. The zero-order chi connectivity index (χ0) is 15.0. The van der Waals surface area contributed by atoms with E-state index in [0.29, 0.717) is 22.3 Å². The second kappa shape index (κ2) is 5.25. The van der Waals surface area contributed by atoms with Gasteiger partial charge in [-0.2, -0.15) is 0 Å². The monoisotopic (exact) mass is 306 g/mol. The number of thiocarbonyl (C=S) groups is 1. The quantitative estimate of drug-likeness (QED) is 0.629. The van der Waals surface area contributed by atoms with Crippen molar-refractivity contribution in [1.82, 2.24) is 10.6 Å². The molecule has 3 rings (SSSR count). The molecule has 21 heavy (non-hydrogen) atoms. The molecule has 1 saturated heterocycles. The number of ether oxygens (including phenoxy) is 3. The molecule has 0 aromatic heterocycles. The predicted octanol–water partition coefficient (Wildman–Crippen LogP) is 1.24. The van der Waals surface area contributed by atoms with Crippen molar-refractivity contribution in [2.75, 3.05) is 13.9 Å². The van der Waals surface area contributed by atoms with Gasteiger partial charge in [0.1, 0.15) is 5.92 Å². The number of carbonyl (C=O) groups is 1. The zero-order valence-electron chi connectivity index (χ0n) is 11.3. The smallest absolute Gasteiger partial charge is 0.317 e. The maximum absolute atomic E-state index is 12.0. The normalized spacial score (nSPS) is 23.3. The lowest BCUT2D eigenvalue weighted by Gasteiger charge is -2.34. The molecule has 0 amide bonds. The topological polar surface area (TPSA) is 68.8 Å². The largest absolute Gasteiger partial charge is 0.468 e. The Morgan fingerprint density at radius 1 is 1.43 bits per heavy atom. The molecule has 110 valence electrons. The molecule has 0 spiro atoms. The third kappa shape index (κ3) is 2.40. The maximum atomic E-state index is 12.0. The first-order chi connectivity index (χ1) is 10.1. The molecule has 7 heteroatoms. The van der Waals surface area contributed by atoms with Gasteiger partial charge in [-0.05, 0) is 29.9 Å². The van der Waals surface area contributed by atoms with Crippen molar-refractivity contribution in [3.63, 3.8) is 0 Å². The van der Waals surface area contributed by atoms with Crippen molar-refractivity contribution >= 4 is 23.3 Å². The van der Waals surface area contributed by atoms with Crippen LogP contribution in [0.5, 0.6) is 11.5 Å². The maximum Gasteiger partial charge on any atom is 0.317 e. The van der Waals surface area contributed by atoms with Gasteiger partial charge in [-0.3, -0.25) is 4.79 Å². The molecule has 2 unspecified atom stereocenters. The average Bonchev–Trinajstić information content (AvgIpc) is 2.93. The van der Waals surface area contributed by atoms with Gasteiger partial charge in [-0.1, -0.05) is 12.6 Å². The fraction of sp³-hybridized carbons (Fsp3) is 0.286. The highest BCUT2D eigenvalue weighted by atomic mass is 32.1. The summed E-state index contributed by atoms with van der Waals surface area (Å²) in [6.45, 7) is 4.07. The molecule has 1 fully saturated rings. The van der Waals surface area contributed by atoms with Crippen molar-refractivity contribution < 1.29 is 19.0 Å². The minimum atomic E-state index is -0.581. The Labute approximate surface area is 127 Å². The Balaban J connectivity index is 1.98. The van der Waals surface area contributed by atoms with Crippen LogP contribution < -0.4 is 20.1 Å². The van der Waals surface area contributed by atoms with Gasteiger partial charge in [0, 0.05) is 5.70 Å². The molecule has 0 saturated carbocycles. The SMILES string of the molecule is C=C1NC(=S)NC(c2ccc3c(c2)OCO3)C1C(=O)OC. The minimum Gasteiger partial charge on any atom is -0.468 e. The van der Waals surface area contributed by atoms with Gasteiger partial charge >= 0.3 is 5.97 Å². The molecule has 0 aliphatic carbocycles. The highest BCUT2D eigenvalue weighted by Crippen LogP contribution is 2.37. The summed E-state index contributed by atoms with van der Waals surface area (Å²) in [4.78, 5) is 12.0. The average molecular weight is 306 g/mol. The minimum absolute atomic E-state index is 0.198. The summed E-state index contributed by atoms with van der Waals surface area (Å²) in [6.07, 6.45) is 0. The summed E-state index contributed by atoms with van der Waals surface area (Å²) in [5, 5.41) is 6.37. The van der Waals surface area contributed by atoms with E-state index in [1.165, 1.54) is 7.11 Å². The number of benzene rings is 1. The molecular formula is C14H14N2O4S. The summed E-state index contributed by atoms with van der Waals surface area (Å²) in [5.41, 5.74) is 1.35. The molecule has 2 aliphatic rings. The third-order valence-corrected chi connectivity index (χ3v) is 3.70. The molecule has 1 aromatic carbocycles. The Kier molecular flexibility index (Phi) is 3.42. The van der Waals surface area contributed by atoms with Gasteiger partial charge in [0.05, 0.1) is 13.2 Å². The van der Waals surface area contributed by atoms with E-state index in [4.69, 9.17) is 26.4 Å². The number of rotatable bonds is 2. The molecular weight excluding hydrogens is 292 g/mol. The fourth-order valence-electron chi connectivity index (χ4n) is 2.47. The molecule has 0 bridgehead atoms. The Morgan fingerprint density at radius 2 is 2.19 bits per heavy atom. The van der Waals surface area contributed by atoms with Crippen LogP contribution in [0.15, 0.2) is 30.5 Å². The number of methoxy groups -OCH3 is 1. The first-order valence-electron chi connectivity index (χ1n) is 6.34. The van der Waals surface area contributed by atoms with E-state index in [0.717, 1.165) is 5.56 Å². The van der Waals surface area contributed by atoms with E-state index >= 15 is 0 Å². The molecule has 2 atom stereocenters. The van der Waals surface area contributed by atoms with Crippen molar-refractivity contribution in [2.24, 2.45) is 5.92 Å².